The number of benzene rings is 2. The highest BCUT2D eigenvalue weighted by Gasteiger charge is 2.24. The molecule has 2 aromatic carbocycles. The Morgan fingerprint density at radius 2 is 1.88 bits per heavy atom. The number of carbonyl (C=O) groups is 1. The molecule has 2 aliphatic heterocycles. The third kappa shape index (κ3) is 6.71. The van der Waals surface area contributed by atoms with Crippen LogP contribution in [0, 0.1) is 0 Å². The van der Waals surface area contributed by atoms with E-state index in [2.05, 4.69) is 87.3 Å². The Labute approximate surface area is 197 Å². The number of anilines is 1. The zero-order valence-corrected chi connectivity index (χ0v) is 19.6. The van der Waals surface area contributed by atoms with E-state index >= 15 is 0 Å². The molecule has 0 spiro atoms. The Hall–Kier alpha value is -3.06. The third-order valence-electron chi connectivity index (χ3n) is 6.34. The molecule has 0 radical (unpaired) electrons. The van der Waals surface area contributed by atoms with Gasteiger partial charge in [-0.3, -0.25) is 9.69 Å². The molecule has 0 bridgehead atoms. The summed E-state index contributed by atoms with van der Waals surface area (Å²) in [5.41, 5.74) is 3.62. The fraction of sp³-hybridized carbons (Fsp3) is 0.462. The van der Waals surface area contributed by atoms with Crippen LogP contribution in [0.15, 0.2) is 59.6 Å². The molecule has 176 valence electrons. The molecule has 2 aliphatic rings. The number of nitrogens with one attached hydrogen (secondary N) is 3. The van der Waals surface area contributed by atoms with Crippen molar-refractivity contribution in [1.82, 2.24) is 20.9 Å². The number of nitrogens with zero attached hydrogens (tertiary/aromatic N) is 3. The Morgan fingerprint density at radius 1 is 1.06 bits per heavy atom. The van der Waals surface area contributed by atoms with Crippen LogP contribution in [0.4, 0.5) is 5.69 Å². The monoisotopic (exact) mass is 448 g/mol. The quantitative estimate of drug-likeness (QED) is 0.427. The van der Waals surface area contributed by atoms with Crippen LogP contribution in [0.5, 0.6) is 0 Å². The number of amides is 1. The highest BCUT2D eigenvalue weighted by Crippen LogP contribution is 2.20. The molecule has 2 heterocycles. The lowest BCUT2D eigenvalue weighted by atomic mass is 10.2. The molecule has 7 nitrogen and oxygen atoms in total. The summed E-state index contributed by atoms with van der Waals surface area (Å²) >= 11 is 0. The summed E-state index contributed by atoms with van der Waals surface area (Å²) in [5, 5.41) is 9.81. The normalized spacial score (nSPS) is 19.4. The first-order chi connectivity index (χ1) is 16.2. The lowest BCUT2D eigenvalue weighted by Gasteiger charge is -2.28. The summed E-state index contributed by atoms with van der Waals surface area (Å²) in [4.78, 5) is 21.1. The van der Waals surface area contributed by atoms with Crippen LogP contribution in [0.25, 0.3) is 0 Å². The summed E-state index contributed by atoms with van der Waals surface area (Å²) in [6.07, 6.45) is 2.47. The number of guanidine groups is 1. The van der Waals surface area contributed by atoms with Crippen LogP contribution in [0.1, 0.15) is 30.9 Å². The van der Waals surface area contributed by atoms with E-state index in [0.29, 0.717) is 25.7 Å². The summed E-state index contributed by atoms with van der Waals surface area (Å²) in [6.45, 7) is 8.58. The second-order valence-electron chi connectivity index (χ2n) is 8.77. The fourth-order valence-electron chi connectivity index (χ4n) is 4.55. The molecule has 0 aliphatic carbocycles. The van der Waals surface area contributed by atoms with Gasteiger partial charge >= 0.3 is 0 Å². The molecule has 7 heteroatoms. The Bertz CT molecular complexity index is 914. The van der Waals surface area contributed by atoms with Crippen LogP contribution in [0.2, 0.25) is 0 Å². The number of aliphatic imine (C=N–C) groups is 1. The lowest BCUT2D eigenvalue weighted by Crippen LogP contribution is -2.47. The van der Waals surface area contributed by atoms with E-state index in [1.54, 1.807) is 0 Å². The van der Waals surface area contributed by atoms with Gasteiger partial charge in [0.1, 0.15) is 0 Å². The van der Waals surface area contributed by atoms with Crippen LogP contribution in [-0.4, -0.2) is 62.1 Å². The van der Waals surface area contributed by atoms with Crippen LogP contribution < -0.4 is 20.9 Å². The summed E-state index contributed by atoms with van der Waals surface area (Å²) in [5.74, 6) is 0.946. The van der Waals surface area contributed by atoms with E-state index in [-0.39, 0.29) is 5.91 Å². The van der Waals surface area contributed by atoms with Gasteiger partial charge in [-0.2, -0.15) is 0 Å². The molecule has 0 aromatic heterocycles. The smallest absolute Gasteiger partial charge is 0.239 e. The maximum absolute atomic E-state index is 11.6. The summed E-state index contributed by atoms with van der Waals surface area (Å²) < 4.78 is 0. The average Bonchev–Trinajstić information content (AvgIpc) is 3.28. The van der Waals surface area contributed by atoms with Crippen molar-refractivity contribution in [3.63, 3.8) is 0 Å². The van der Waals surface area contributed by atoms with Gasteiger partial charge in [0, 0.05) is 44.5 Å². The van der Waals surface area contributed by atoms with Gasteiger partial charge in [0.15, 0.2) is 5.96 Å². The second kappa shape index (κ2) is 11.7. The minimum absolute atomic E-state index is 0.0841. The number of likely N-dealkylation sites (tertiary alicyclic amines) is 1. The number of hydrogen-bond acceptors (Lipinski definition) is 4. The maximum Gasteiger partial charge on any atom is 0.239 e. The van der Waals surface area contributed by atoms with E-state index in [1.807, 2.05) is 0 Å². The zero-order valence-electron chi connectivity index (χ0n) is 19.6. The van der Waals surface area contributed by atoms with Crippen molar-refractivity contribution in [3.05, 3.63) is 65.7 Å². The summed E-state index contributed by atoms with van der Waals surface area (Å²) in [6, 6.07) is 19.6. The molecule has 1 amide bonds. The van der Waals surface area contributed by atoms with Crippen molar-refractivity contribution in [2.24, 2.45) is 4.99 Å². The highest BCUT2D eigenvalue weighted by molar-refractivity contribution is 5.82. The molecule has 1 unspecified atom stereocenters. The zero-order chi connectivity index (χ0) is 22.9. The van der Waals surface area contributed by atoms with E-state index in [9.17, 15) is 4.79 Å². The predicted molar refractivity (Wildman–Crippen MR) is 134 cm³/mol. The third-order valence-corrected chi connectivity index (χ3v) is 6.34. The van der Waals surface area contributed by atoms with Gasteiger partial charge in [-0.05, 0) is 49.6 Å². The molecule has 4 rings (SSSR count). The van der Waals surface area contributed by atoms with Gasteiger partial charge in [-0.1, -0.05) is 42.5 Å². The first-order valence-electron chi connectivity index (χ1n) is 12.1. The topological polar surface area (TPSA) is 72.0 Å². The number of piperazine rings is 1. The van der Waals surface area contributed by atoms with E-state index in [0.717, 1.165) is 49.9 Å². The van der Waals surface area contributed by atoms with Crippen molar-refractivity contribution in [3.8, 4) is 0 Å². The summed E-state index contributed by atoms with van der Waals surface area (Å²) in [7, 11) is 0. The predicted octanol–water partition coefficient (Wildman–Crippen LogP) is 2.34. The molecule has 33 heavy (non-hydrogen) atoms. The second-order valence-corrected chi connectivity index (χ2v) is 8.77. The van der Waals surface area contributed by atoms with Crippen LogP contribution >= 0.6 is 0 Å². The lowest BCUT2D eigenvalue weighted by molar-refractivity contribution is -0.120. The SMILES string of the molecule is CCNC(=NCc1ccc(N2CCNC(=O)C2)cc1)NCC1CCCN1Cc1ccccc1. The van der Waals surface area contributed by atoms with E-state index in [1.165, 1.54) is 18.4 Å². The number of hydrogen-bond donors (Lipinski definition) is 3. The maximum atomic E-state index is 11.6. The molecule has 1 atom stereocenters. The number of rotatable bonds is 8. The molecule has 0 saturated carbocycles. The molecule has 3 N–H and O–H groups in total. The van der Waals surface area contributed by atoms with Crippen LogP contribution in [-0.2, 0) is 17.9 Å². The standard InChI is InChI=1S/C26H36N6O/c1-2-27-26(30-18-24-9-6-15-31(24)19-22-7-4-3-5-8-22)29-17-21-10-12-23(13-11-21)32-16-14-28-25(33)20-32/h3-5,7-8,10-13,24H,2,6,9,14-20H2,1H3,(H,28,33)(H2,27,29,30). The Morgan fingerprint density at radius 3 is 2.64 bits per heavy atom. The van der Waals surface area contributed by atoms with E-state index in [4.69, 9.17) is 4.99 Å². The minimum Gasteiger partial charge on any atom is -0.360 e. The van der Waals surface area contributed by atoms with Gasteiger partial charge in [0.2, 0.25) is 5.91 Å². The highest BCUT2D eigenvalue weighted by atomic mass is 16.2. The van der Waals surface area contributed by atoms with Gasteiger partial charge in [-0.15, -0.1) is 0 Å². The van der Waals surface area contributed by atoms with Gasteiger partial charge in [-0.25, -0.2) is 4.99 Å². The molecular formula is C26H36N6O. The van der Waals surface area contributed by atoms with Crippen molar-refractivity contribution < 1.29 is 4.79 Å². The molecule has 2 aromatic rings. The van der Waals surface area contributed by atoms with Crippen LogP contribution in [0.3, 0.4) is 0 Å². The molecule has 2 fully saturated rings. The van der Waals surface area contributed by atoms with Crippen molar-refractivity contribution in [2.45, 2.75) is 38.9 Å². The first kappa shape index (κ1) is 23.1. The van der Waals surface area contributed by atoms with E-state index < -0.39 is 0 Å². The van der Waals surface area contributed by atoms with Gasteiger partial charge in [0.25, 0.3) is 0 Å². The fourth-order valence-corrected chi connectivity index (χ4v) is 4.55. The van der Waals surface area contributed by atoms with Crippen molar-refractivity contribution >= 4 is 17.6 Å². The first-order valence-corrected chi connectivity index (χ1v) is 12.1. The minimum atomic E-state index is 0.0841. The molecular weight excluding hydrogens is 412 g/mol. The average molecular weight is 449 g/mol. The van der Waals surface area contributed by atoms with Crippen molar-refractivity contribution in [1.29, 1.82) is 0 Å². The number of carbonyl (C=O) groups excluding carboxylic acids is 1. The van der Waals surface area contributed by atoms with Gasteiger partial charge < -0.3 is 20.9 Å². The van der Waals surface area contributed by atoms with Crippen molar-refractivity contribution in [2.75, 3.05) is 44.2 Å². The Balaban J connectivity index is 1.30. The molecule has 2 saturated heterocycles. The van der Waals surface area contributed by atoms with Gasteiger partial charge in [0.05, 0.1) is 13.1 Å². The largest absolute Gasteiger partial charge is 0.360 e. The Kier molecular flexibility index (Phi) is 8.19.